The van der Waals surface area contributed by atoms with E-state index in [-0.39, 0.29) is 29.1 Å². The Morgan fingerprint density at radius 3 is 2.68 bits per heavy atom. The van der Waals surface area contributed by atoms with E-state index in [1.807, 2.05) is 0 Å². The van der Waals surface area contributed by atoms with Gasteiger partial charge in [0.05, 0.1) is 37.5 Å². The Morgan fingerprint density at radius 2 is 2.00 bits per heavy atom. The summed E-state index contributed by atoms with van der Waals surface area (Å²) in [6, 6.07) is 4.66. The molecule has 1 fully saturated rings. The predicted octanol–water partition coefficient (Wildman–Crippen LogP) is 2.08. The van der Waals surface area contributed by atoms with E-state index >= 15 is 0 Å². The van der Waals surface area contributed by atoms with Crippen LogP contribution in [-0.2, 0) is 22.7 Å². The monoisotopic (exact) mass is 464 g/mol. The molecule has 4 rings (SSSR count). The second-order valence-electron chi connectivity index (χ2n) is 7.69. The lowest BCUT2D eigenvalue weighted by molar-refractivity contribution is 0.102. The van der Waals surface area contributed by atoms with E-state index < -0.39 is 15.5 Å². The van der Waals surface area contributed by atoms with Crippen LogP contribution in [0.4, 0.5) is 0 Å². The van der Waals surface area contributed by atoms with Gasteiger partial charge < -0.3 is 9.47 Å². The molecule has 1 aromatic carbocycles. The van der Waals surface area contributed by atoms with E-state index in [9.17, 15) is 18.0 Å². The first-order chi connectivity index (χ1) is 14.8. The number of Topliss-reactive ketones (excluding diaryl/α,β-unsaturated/α-hetero) is 1. The van der Waals surface area contributed by atoms with Gasteiger partial charge >= 0.3 is 5.69 Å². The number of rotatable bonds is 7. The molecule has 2 aromatic rings. The topological polar surface area (TPSA) is 105 Å². The van der Waals surface area contributed by atoms with Crippen LogP contribution in [-0.4, -0.2) is 55.2 Å². The first-order valence-corrected chi connectivity index (χ1v) is 12.9. The Bertz CT molecular complexity index is 1190. The van der Waals surface area contributed by atoms with Crippen LogP contribution in [0.3, 0.4) is 0 Å². The number of ketones is 1. The molecule has 1 saturated heterocycles. The van der Waals surface area contributed by atoms with Gasteiger partial charge in [0.1, 0.15) is 5.03 Å². The summed E-state index contributed by atoms with van der Waals surface area (Å²) in [5.41, 5.74) is 1.91. The highest BCUT2D eigenvalue weighted by molar-refractivity contribution is 8.00. The van der Waals surface area contributed by atoms with Gasteiger partial charge in [0.15, 0.2) is 27.1 Å². The zero-order valence-corrected chi connectivity index (χ0v) is 19.1. The molecule has 0 saturated carbocycles. The number of thioether (sulfide) groups is 1. The van der Waals surface area contributed by atoms with Crippen molar-refractivity contribution in [1.29, 1.82) is 0 Å². The molecule has 0 N–H and O–H groups in total. The number of fused-ring (bicyclic) bond motifs is 1. The first-order valence-electron chi connectivity index (χ1n) is 10.1. The molecule has 1 aliphatic carbocycles. The number of methoxy groups -OCH3 is 2. The van der Waals surface area contributed by atoms with Crippen LogP contribution in [0.2, 0.25) is 0 Å². The fourth-order valence-corrected chi connectivity index (χ4v) is 6.92. The molecule has 1 atom stereocenters. The minimum Gasteiger partial charge on any atom is -0.493 e. The summed E-state index contributed by atoms with van der Waals surface area (Å²) in [7, 11) is -0.0625. The number of carbonyl (C=O) groups is 1. The molecule has 8 nitrogen and oxygen atoms in total. The number of sulfone groups is 1. The van der Waals surface area contributed by atoms with E-state index in [1.54, 1.807) is 22.8 Å². The van der Waals surface area contributed by atoms with E-state index in [1.165, 1.54) is 26.0 Å². The summed E-state index contributed by atoms with van der Waals surface area (Å²) in [4.78, 5) is 29.8. The summed E-state index contributed by atoms with van der Waals surface area (Å²) >= 11 is 1.25. The lowest BCUT2D eigenvalue weighted by Gasteiger charge is -2.18. The summed E-state index contributed by atoms with van der Waals surface area (Å²) < 4.78 is 35.8. The van der Waals surface area contributed by atoms with Crippen LogP contribution >= 0.6 is 11.8 Å². The zero-order chi connectivity index (χ0) is 22.2. The van der Waals surface area contributed by atoms with Gasteiger partial charge in [-0.05, 0) is 43.9 Å². The van der Waals surface area contributed by atoms with E-state index in [4.69, 9.17) is 9.47 Å². The van der Waals surface area contributed by atoms with Crippen molar-refractivity contribution in [2.75, 3.05) is 31.5 Å². The SMILES string of the molecule is COc1ccc(C(=O)CSc2nc(=O)n([C@@H]3CCS(=O)(=O)C3)c3c2CCC3)cc1OC. The standard InChI is InChI=1S/C21H24N2O6S2/c1-28-18-7-6-13(10-19(18)29-2)17(24)11-30-20-15-4-3-5-16(15)23(21(25)22-20)14-8-9-31(26,27)12-14/h6-7,10,14H,3-5,8-9,11-12H2,1-2H3/t14-/m1/s1. The minimum absolute atomic E-state index is 0.00863. The Labute approximate surface area is 184 Å². The molecule has 1 aliphatic heterocycles. The summed E-state index contributed by atoms with van der Waals surface area (Å²) in [6.07, 6.45) is 2.83. The van der Waals surface area contributed by atoms with Crippen molar-refractivity contribution in [3.8, 4) is 11.5 Å². The van der Waals surface area contributed by atoms with Crippen molar-refractivity contribution in [2.24, 2.45) is 0 Å². The summed E-state index contributed by atoms with van der Waals surface area (Å²) in [6.45, 7) is 0. The molecule has 0 unspecified atom stereocenters. The van der Waals surface area contributed by atoms with Crippen LogP contribution in [0.1, 0.15) is 40.5 Å². The normalized spacial score (nSPS) is 19.2. The number of hydrogen-bond acceptors (Lipinski definition) is 8. The molecule has 10 heteroatoms. The molecular formula is C21H24N2O6S2. The Balaban J connectivity index is 1.56. The van der Waals surface area contributed by atoms with Gasteiger partial charge in [-0.3, -0.25) is 9.36 Å². The molecule has 1 aromatic heterocycles. The van der Waals surface area contributed by atoms with Gasteiger partial charge in [-0.15, -0.1) is 0 Å². The molecular weight excluding hydrogens is 440 g/mol. The average Bonchev–Trinajstić information content (AvgIpc) is 3.37. The Morgan fingerprint density at radius 1 is 1.23 bits per heavy atom. The molecule has 0 amide bonds. The number of benzene rings is 1. The van der Waals surface area contributed by atoms with E-state index in [2.05, 4.69) is 4.98 Å². The molecule has 0 radical (unpaired) electrons. The lowest BCUT2D eigenvalue weighted by Crippen LogP contribution is -2.31. The van der Waals surface area contributed by atoms with Crippen molar-refractivity contribution in [3.05, 3.63) is 45.5 Å². The maximum absolute atomic E-state index is 12.8. The van der Waals surface area contributed by atoms with Crippen molar-refractivity contribution < 1.29 is 22.7 Å². The van der Waals surface area contributed by atoms with Crippen LogP contribution in [0.25, 0.3) is 0 Å². The third-order valence-corrected chi connectivity index (χ3v) is 8.53. The molecule has 0 spiro atoms. The molecule has 0 bridgehead atoms. The Kier molecular flexibility index (Phi) is 6.11. The maximum atomic E-state index is 12.8. The molecule has 31 heavy (non-hydrogen) atoms. The second kappa shape index (κ2) is 8.66. The first kappa shape index (κ1) is 21.9. The van der Waals surface area contributed by atoms with Crippen molar-refractivity contribution >= 4 is 27.4 Å². The smallest absolute Gasteiger partial charge is 0.349 e. The maximum Gasteiger partial charge on any atom is 0.349 e. The number of ether oxygens (including phenoxy) is 2. The molecule has 2 aliphatic rings. The fraction of sp³-hybridized carbons (Fsp3) is 0.476. The highest BCUT2D eigenvalue weighted by Gasteiger charge is 2.33. The number of nitrogens with zero attached hydrogens (tertiary/aromatic N) is 2. The van der Waals surface area contributed by atoms with Gasteiger partial charge in [0.2, 0.25) is 0 Å². The zero-order valence-electron chi connectivity index (χ0n) is 17.4. The van der Waals surface area contributed by atoms with Crippen LogP contribution in [0.5, 0.6) is 11.5 Å². The highest BCUT2D eigenvalue weighted by atomic mass is 32.2. The van der Waals surface area contributed by atoms with Gasteiger partial charge in [-0.2, -0.15) is 4.98 Å². The van der Waals surface area contributed by atoms with E-state index in [0.29, 0.717) is 28.5 Å². The number of hydrogen-bond donors (Lipinski definition) is 0. The van der Waals surface area contributed by atoms with Crippen molar-refractivity contribution in [1.82, 2.24) is 9.55 Å². The predicted molar refractivity (Wildman–Crippen MR) is 117 cm³/mol. The second-order valence-corrected chi connectivity index (χ2v) is 10.9. The molecule has 166 valence electrons. The summed E-state index contributed by atoms with van der Waals surface area (Å²) in [5.74, 6) is 1.15. The van der Waals surface area contributed by atoms with Crippen LogP contribution < -0.4 is 15.2 Å². The average molecular weight is 465 g/mol. The van der Waals surface area contributed by atoms with Crippen molar-refractivity contribution in [3.63, 3.8) is 0 Å². The molecule has 2 heterocycles. The quantitative estimate of drug-likeness (QED) is 0.349. The number of aromatic nitrogens is 2. The highest BCUT2D eigenvalue weighted by Crippen LogP contribution is 2.34. The largest absolute Gasteiger partial charge is 0.493 e. The number of carbonyl (C=O) groups excluding carboxylic acids is 1. The van der Waals surface area contributed by atoms with Crippen LogP contribution in [0, 0.1) is 0 Å². The van der Waals surface area contributed by atoms with Gasteiger partial charge in [-0.25, -0.2) is 13.2 Å². The lowest BCUT2D eigenvalue weighted by atomic mass is 10.1. The van der Waals surface area contributed by atoms with Gasteiger partial charge in [-0.1, -0.05) is 11.8 Å². The summed E-state index contributed by atoms with van der Waals surface area (Å²) in [5, 5.41) is 0.573. The third kappa shape index (κ3) is 4.36. The van der Waals surface area contributed by atoms with E-state index in [0.717, 1.165) is 30.5 Å². The van der Waals surface area contributed by atoms with Gasteiger partial charge in [0, 0.05) is 16.8 Å². The minimum atomic E-state index is -3.11. The van der Waals surface area contributed by atoms with Crippen LogP contribution in [0.15, 0.2) is 28.0 Å². The Hall–Kier alpha value is -2.33. The fourth-order valence-electron chi connectivity index (χ4n) is 4.25. The van der Waals surface area contributed by atoms with Crippen molar-refractivity contribution in [2.45, 2.75) is 36.8 Å². The third-order valence-electron chi connectivity index (χ3n) is 5.76. The van der Waals surface area contributed by atoms with Gasteiger partial charge in [0.25, 0.3) is 0 Å².